The molecule has 1 fully saturated rings. The molecule has 2 aromatic rings. The number of amides is 2. The summed E-state index contributed by atoms with van der Waals surface area (Å²) in [4.78, 5) is 28.6. The number of nitrogens with zero attached hydrogens (tertiary/aromatic N) is 2. The molecule has 0 unspecified atom stereocenters. The molecule has 25 heavy (non-hydrogen) atoms. The Morgan fingerprint density at radius 1 is 0.920 bits per heavy atom. The van der Waals surface area contributed by atoms with Crippen molar-refractivity contribution in [1.82, 2.24) is 9.80 Å². The van der Waals surface area contributed by atoms with Crippen LogP contribution in [0.1, 0.15) is 26.5 Å². The Kier molecular flexibility index (Phi) is 3.83. The van der Waals surface area contributed by atoms with E-state index in [4.69, 9.17) is 13.9 Å². The SMILES string of the molecule is Cc1ccoc1C(=O)N1CCN(C(=O)c2ccc3c(c2)OCO3)CC1. The topological polar surface area (TPSA) is 72.2 Å². The van der Waals surface area contributed by atoms with Crippen LogP contribution in [0.4, 0.5) is 0 Å². The van der Waals surface area contributed by atoms with E-state index in [0.717, 1.165) is 5.56 Å². The van der Waals surface area contributed by atoms with Gasteiger partial charge in [0.1, 0.15) is 0 Å². The van der Waals surface area contributed by atoms with Crippen LogP contribution in [0.5, 0.6) is 11.5 Å². The number of carbonyl (C=O) groups is 2. The Morgan fingerprint density at radius 3 is 2.28 bits per heavy atom. The summed E-state index contributed by atoms with van der Waals surface area (Å²) < 4.78 is 15.9. The molecule has 0 saturated carbocycles. The third-order valence-electron chi connectivity index (χ3n) is 4.53. The minimum absolute atomic E-state index is 0.0698. The van der Waals surface area contributed by atoms with Crippen molar-refractivity contribution >= 4 is 11.8 Å². The zero-order valence-electron chi connectivity index (χ0n) is 13.9. The summed E-state index contributed by atoms with van der Waals surface area (Å²) in [7, 11) is 0. The highest BCUT2D eigenvalue weighted by Gasteiger charge is 2.28. The summed E-state index contributed by atoms with van der Waals surface area (Å²) in [5, 5.41) is 0. The first-order chi connectivity index (χ1) is 12.1. The lowest BCUT2D eigenvalue weighted by atomic mass is 10.1. The highest BCUT2D eigenvalue weighted by atomic mass is 16.7. The summed E-state index contributed by atoms with van der Waals surface area (Å²) in [6, 6.07) is 6.95. The molecule has 0 bridgehead atoms. The van der Waals surface area contributed by atoms with Crippen LogP contribution in [0.15, 0.2) is 34.9 Å². The van der Waals surface area contributed by atoms with Gasteiger partial charge >= 0.3 is 0 Å². The third-order valence-corrected chi connectivity index (χ3v) is 4.53. The van der Waals surface area contributed by atoms with Crippen LogP contribution in [-0.2, 0) is 0 Å². The van der Waals surface area contributed by atoms with Crippen molar-refractivity contribution in [3.63, 3.8) is 0 Å². The van der Waals surface area contributed by atoms with Crippen LogP contribution in [-0.4, -0.2) is 54.6 Å². The molecule has 1 saturated heterocycles. The molecule has 0 spiro atoms. The third kappa shape index (κ3) is 2.82. The molecule has 2 amide bonds. The average Bonchev–Trinajstić information content (AvgIpc) is 3.28. The van der Waals surface area contributed by atoms with Crippen molar-refractivity contribution in [2.24, 2.45) is 0 Å². The largest absolute Gasteiger partial charge is 0.459 e. The highest BCUT2D eigenvalue weighted by molar-refractivity contribution is 5.96. The van der Waals surface area contributed by atoms with E-state index in [2.05, 4.69) is 0 Å². The molecule has 0 N–H and O–H groups in total. The lowest BCUT2D eigenvalue weighted by Crippen LogP contribution is -2.50. The number of furan rings is 1. The lowest BCUT2D eigenvalue weighted by molar-refractivity contribution is 0.0517. The smallest absolute Gasteiger partial charge is 0.289 e. The van der Waals surface area contributed by atoms with Crippen molar-refractivity contribution in [3.05, 3.63) is 47.4 Å². The first-order valence-electron chi connectivity index (χ1n) is 8.16. The number of ether oxygens (including phenoxy) is 2. The van der Waals surface area contributed by atoms with Gasteiger partial charge in [0.05, 0.1) is 6.26 Å². The molecule has 4 rings (SSSR count). The predicted molar refractivity (Wildman–Crippen MR) is 87.8 cm³/mol. The van der Waals surface area contributed by atoms with Crippen molar-refractivity contribution in [2.45, 2.75) is 6.92 Å². The number of hydrogen-bond donors (Lipinski definition) is 0. The van der Waals surface area contributed by atoms with Gasteiger partial charge in [0.15, 0.2) is 17.3 Å². The van der Waals surface area contributed by atoms with Crippen LogP contribution in [0.25, 0.3) is 0 Å². The molecular weight excluding hydrogens is 324 g/mol. The van der Waals surface area contributed by atoms with Gasteiger partial charge in [-0.3, -0.25) is 9.59 Å². The molecule has 0 aliphatic carbocycles. The lowest BCUT2D eigenvalue weighted by Gasteiger charge is -2.34. The van der Waals surface area contributed by atoms with Gasteiger partial charge in [0.25, 0.3) is 11.8 Å². The van der Waals surface area contributed by atoms with E-state index in [0.29, 0.717) is 49.0 Å². The van der Waals surface area contributed by atoms with Gasteiger partial charge in [-0.05, 0) is 31.2 Å². The highest BCUT2D eigenvalue weighted by Crippen LogP contribution is 2.32. The first kappa shape index (κ1) is 15.6. The fourth-order valence-electron chi connectivity index (χ4n) is 3.06. The number of rotatable bonds is 2. The number of fused-ring (bicyclic) bond motifs is 1. The number of benzene rings is 1. The first-order valence-corrected chi connectivity index (χ1v) is 8.16. The average molecular weight is 342 g/mol. The van der Waals surface area contributed by atoms with Gasteiger partial charge in [-0.1, -0.05) is 0 Å². The Balaban J connectivity index is 1.41. The quantitative estimate of drug-likeness (QED) is 0.834. The molecule has 1 aromatic carbocycles. The molecule has 0 atom stereocenters. The van der Waals surface area contributed by atoms with E-state index >= 15 is 0 Å². The maximum absolute atomic E-state index is 12.7. The van der Waals surface area contributed by atoms with Gasteiger partial charge in [0.2, 0.25) is 6.79 Å². The molecule has 3 heterocycles. The van der Waals surface area contributed by atoms with E-state index in [1.54, 1.807) is 34.1 Å². The molecule has 0 radical (unpaired) electrons. The molecule has 2 aliphatic heterocycles. The van der Waals surface area contributed by atoms with E-state index in [-0.39, 0.29) is 18.6 Å². The molecule has 1 aromatic heterocycles. The second-order valence-corrected chi connectivity index (χ2v) is 6.09. The van der Waals surface area contributed by atoms with Crippen LogP contribution in [0.2, 0.25) is 0 Å². The Morgan fingerprint density at radius 2 is 1.60 bits per heavy atom. The Bertz CT molecular complexity index is 821. The van der Waals surface area contributed by atoms with Gasteiger partial charge in [-0.25, -0.2) is 0 Å². The zero-order valence-corrected chi connectivity index (χ0v) is 13.9. The fourth-order valence-corrected chi connectivity index (χ4v) is 3.06. The van der Waals surface area contributed by atoms with Crippen molar-refractivity contribution in [2.75, 3.05) is 33.0 Å². The minimum atomic E-state index is -0.127. The van der Waals surface area contributed by atoms with Crippen LogP contribution < -0.4 is 9.47 Å². The zero-order chi connectivity index (χ0) is 17.4. The molecule has 130 valence electrons. The minimum Gasteiger partial charge on any atom is -0.459 e. The molecule has 2 aliphatic rings. The second-order valence-electron chi connectivity index (χ2n) is 6.09. The summed E-state index contributed by atoms with van der Waals surface area (Å²) in [6.45, 7) is 3.96. The van der Waals surface area contributed by atoms with Crippen molar-refractivity contribution in [3.8, 4) is 11.5 Å². The predicted octanol–water partition coefficient (Wildman–Crippen LogP) is 1.91. The number of aryl methyl sites for hydroxylation is 1. The molecular formula is C18H18N2O5. The summed E-state index contributed by atoms with van der Waals surface area (Å²) in [5.74, 6) is 1.42. The van der Waals surface area contributed by atoms with Gasteiger partial charge < -0.3 is 23.7 Å². The van der Waals surface area contributed by atoms with Gasteiger partial charge in [0, 0.05) is 37.3 Å². The van der Waals surface area contributed by atoms with Crippen LogP contribution in [0, 0.1) is 6.92 Å². The maximum atomic E-state index is 12.7. The Labute approximate surface area is 144 Å². The number of hydrogen-bond acceptors (Lipinski definition) is 5. The van der Waals surface area contributed by atoms with E-state index in [1.165, 1.54) is 6.26 Å². The van der Waals surface area contributed by atoms with E-state index in [1.807, 2.05) is 6.92 Å². The summed E-state index contributed by atoms with van der Waals surface area (Å²) in [5.41, 5.74) is 1.38. The van der Waals surface area contributed by atoms with Gasteiger partial charge in [-0.15, -0.1) is 0 Å². The van der Waals surface area contributed by atoms with Gasteiger partial charge in [-0.2, -0.15) is 0 Å². The fraction of sp³-hybridized carbons (Fsp3) is 0.333. The van der Waals surface area contributed by atoms with E-state index < -0.39 is 0 Å². The van der Waals surface area contributed by atoms with E-state index in [9.17, 15) is 9.59 Å². The maximum Gasteiger partial charge on any atom is 0.289 e. The monoisotopic (exact) mass is 342 g/mol. The number of piperazine rings is 1. The number of carbonyl (C=O) groups excluding carboxylic acids is 2. The van der Waals surface area contributed by atoms with Crippen molar-refractivity contribution in [1.29, 1.82) is 0 Å². The molecule has 7 heteroatoms. The van der Waals surface area contributed by atoms with Crippen molar-refractivity contribution < 1.29 is 23.5 Å². The van der Waals surface area contributed by atoms with Crippen LogP contribution in [0.3, 0.4) is 0 Å². The molecule has 7 nitrogen and oxygen atoms in total. The summed E-state index contributed by atoms with van der Waals surface area (Å²) >= 11 is 0. The second kappa shape index (κ2) is 6.16. The van der Waals surface area contributed by atoms with Crippen LogP contribution >= 0.6 is 0 Å². The normalized spacial score (nSPS) is 16.2. The Hall–Kier alpha value is -2.96. The summed E-state index contributed by atoms with van der Waals surface area (Å²) in [6.07, 6.45) is 1.52. The standard InChI is InChI=1S/C18H18N2O5/c1-12-4-9-23-16(12)18(22)20-7-5-19(6-8-20)17(21)13-2-3-14-15(10-13)25-11-24-14/h2-4,9-10H,5-8,11H2,1H3.